The van der Waals surface area contributed by atoms with Crippen molar-refractivity contribution >= 4 is 13.2 Å². The summed E-state index contributed by atoms with van der Waals surface area (Å²) in [6.07, 6.45) is 18.0. The van der Waals surface area contributed by atoms with Crippen molar-refractivity contribution in [3.05, 3.63) is 12.2 Å². The second-order valence-electron chi connectivity index (χ2n) is 6.33. The van der Waals surface area contributed by atoms with Gasteiger partial charge in [-0.25, -0.2) is 0 Å². The van der Waals surface area contributed by atoms with Gasteiger partial charge in [-0.05, 0) is 32.1 Å². The predicted molar refractivity (Wildman–Crippen MR) is 102 cm³/mol. The second kappa shape index (κ2) is 21.2. The second-order valence-corrected chi connectivity index (χ2v) is 6.33. The molecule has 1 unspecified atom stereocenters. The van der Waals surface area contributed by atoms with E-state index in [0.717, 1.165) is 38.5 Å². The zero-order chi connectivity index (χ0) is 19.3. The molecule has 148 valence electrons. The molecule has 0 fully saturated rings. The summed E-state index contributed by atoms with van der Waals surface area (Å²) in [5.41, 5.74) is 5.09. The quantitative estimate of drug-likeness (QED) is 0.174. The van der Waals surface area contributed by atoms with E-state index in [4.69, 9.17) is 20.8 Å². The van der Waals surface area contributed by atoms with E-state index in [1.165, 1.54) is 38.5 Å². The highest BCUT2D eigenvalue weighted by Gasteiger charge is 2.00. The van der Waals surface area contributed by atoms with E-state index in [1.807, 2.05) is 0 Å². The van der Waals surface area contributed by atoms with Gasteiger partial charge in [-0.15, -0.1) is 0 Å². The number of primary amides is 1. The average molecular weight is 359 g/mol. The van der Waals surface area contributed by atoms with Crippen LogP contribution in [0.3, 0.4) is 0 Å². The molecule has 1 amide bonds. The van der Waals surface area contributed by atoms with Crippen LogP contribution in [0.4, 0.5) is 0 Å². The van der Waals surface area contributed by atoms with E-state index in [1.54, 1.807) is 0 Å². The highest BCUT2D eigenvalue weighted by Crippen LogP contribution is 2.10. The van der Waals surface area contributed by atoms with E-state index in [9.17, 15) is 9.90 Å². The van der Waals surface area contributed by atoms with Crippen molar-refractivity contribution in [2.24, 2.45) is 5.73 Å². The monoisotopic (exact) mass is 359 g/mol. The number of hydrogen-bond acceptors (Lipinski definition) is 5. The first-order valence-electron chi connectivity index (χ1n) is 9.55. The number of aliphatic hydroxyl groups excluding tert-OH is 1. The molecule has 0 spiro atoms. The Morgan fingerprint density at radius 3 is 2.12 bits per heavy atom. The number of rotatable bonds is 15. The van der Waals surface area contributed by atoms with Crippen LogP contribution in [-0.2, 0) is 4.79 Å². The summed E-state index contributed by atoms with van der Waals surface area (Å²) < 4.78 is 0. The van der Waals surface area contributed by atoms with Gasteiger partial charge >= 0.3 is 7.32 Å². The Morgan fingerprint density at radius 2 is 1.52 bits per heavy atom. The van der Waals surface area contributed by atoms with Crippen LogP contribution in [0.1, 0.15) is 90.4 Å². The van der Waals surface area contributed by atoms with Crippen molar-refractivity contribution in [3.8, 4) is 0 Å². The molecule has 6 nitrogen and oxygen atoms in total. The first-order chi connectivity index (χ1) is 11.9. The van der Waals surface area contributed by atoms with Gasteiger partial charge in [0.15, 0.2) is 0 Å². The fourth-order valence-electron chi connectivity index (χ4n) is 2.39. The summed E-state index contributed by atoms with van der Waals surface area (Å²) in [7, 11) is -2.17. The summed E-state index contributed by atoms with van der Waals surface area (Å²) in [6.45, 7) is 2.21. The predicted octanol–water partition coefficient (Wildman–Crippen LogP) is 2.43. The molecule has 0 rings (SSSR count). The molecule has 0 aromatic heterocycles. The number of amides is 1. The first-order valence-corrected chi connectivity index (χ1v) is 9.55. The minimum Gasteiger partial charge on any atom is -0.402 e. The molecular formula is C18H38BNO5. The average Bonchev–Trinajstić information content (AvgIpc) is 2.52. The Labute approximate surface area is 153 Å². The van der Waals surface area contributed by atoms with Crippen molar-refractivity contribution in [1.82, 2.24) is 0 Å². The number of nitrogens with two attached hydrogens (primary N) is 1. The van der Waals surface area contributed by atoms with Crippen LogP contribution >= 0.6 is 0 Å². The van der Waals surface area contributed by atoms with Crippen molar-refractivity contribution in [1.29, 1.82) is 0 Å². The molecule has 0 aliphatic carbocycles. The maximum Gasteiger partial charge on any atom is 0.631 e. The number of carbonyl (C=O) groups excluding carboxylic acids is 1. The molecule has 0 heterocycles. The summed E-state index contributed by atoms with van der Waals surface area (Å²) in [5, 5.41) is 31.3. The Kier molecular flexibility index (Phi) is 22.3. The minimum atomic E-state index is -2.17. The lowest BCUT2D eigenvalue weighted by Gasteiger charge is -2.07. The Hall–Kier alpha value is -0.885. The van der Waals surface area contributed by atoms with Crippen LogP contribution in [0, 0.1) is 0 Å². The van der Waals surface area contributed by atoms with Crippen molar-refractivity contribution in [3.63, 3.8) is 0 Å². The number of unbranched alkanes of at least 4 members (excludes halogenated alkanes) is 8. The molecule has 6 N–H and O–H groups in total. The van der Waals surface area contributed by atoms with Crippen molar-refractivity contribution in [2.45, 2.75) is 96.5 Å². The third-order valence-corrected chi connectivity index (χ3v) is 3.76. The molecule has 0 aromatic carbocycles. The lowest BCUT2D eigenvalue weighted by Crippen LogP contribution is -2.09. The van der Waals surface area contributed by atoms with Gasteiger partial charge in [0.25, 0.3) is 0 Å². The van der Waals surface area contributed by atoms with Gasteiger partial charge in [-0.3, -0.25) is 4.79 Å². The van der Waals surface area contributed by atoms with E-state index in [0.29, 0.717) is 6.42 Å². The number of aliphatic hydroxyl groups is 1. The third-order valence-electron chi connectivity index (χ3n) is 3.76. The van der Waals surface area contributed by atoms with Gasteiger partial charge in [0.2, 0.25) is 5.91 Å². The molecule has 0 saturated heterocycles. The van der Waals surface area contributed by atoms with Crippen LogP contribution in [0.15, 0.2) is 12.2 Å². The van der Waals surface area contributed by atoms with Gasteiger partial charge in [0.1, 0.15) is 0 Å². The van der Waals surface area contributed by atoms with Crippen LogP contribution in [0.5, 0.6) is 0 Å². The zero-order valence-corrected chi connectivity index (χ0v) is 15.8. The molecule has 7 heteroatoms. The molecule has 1 atom stereocenters. The fraction of sp³-hybridized carbons (Fsp3) is 0.833. The maximum absolute atomic E-state index is 10.6. The number of carbonyl (C=O) groups is 1. The summed E-state index contributed by atoms with van der Waals surface area (Å²) in [5.74, 6) is -0.189. The molecule has 0 bridgehead atoms. The van der Waals surface area contributed by atoms with E-state index >= 15 is 0 Å². The highest BCUT2D eigenvalue weighted by atomic mass is 16.5. The van der Waals surface area contributed by atoms with Gasteiger partial charge in [0.05, 0.1) is 6.10 Å². The number of allylic oxidation sites excluding steroid dienone is 1. The maximum atomic E-state index is 10.6. The zero-order valence-electron chi connectivity index (χ0n) is 15.8. The van der Waals surface area contributed by atoms with Crippen molar-refractivity contribution in [2.75, 3.05) is 0 Å². The fourth-order valence-corrected chi connectivity index (χ4v) is 2.39. The van der Waals surface area contributed by atoms with Crippen LogP contribution in [0.25, 0.3) is 0 Å². The molecule has 0 saturated carbocycles. The summed E-state index contributed by atoms with van der Waals surface area (Å²) in [6, 6.07) is 0. The summed E-state index contributed by atoms with van der Waals surface area (Å²) >= 11 is 0. The Bertz CT molecular complexity index is 311. The van der Waals surface area contributed by atoms with E-state index < -0.39 is 7.32 Å². The van der Waals surface area contributed by atoms with Crippen LogP contribution in [-0.4, -0.2) is 39.5 Å². The Balaban J connectivity index is 0. The van der Waals surface area contributed by atoms with Gasteiger partial charge in [-0.1, -0.05) is 64.0 Å². The lowest BCUT2D eigenvalue weighted by molar-refractivity contribution is -0.118. The lowest BCUT2D eigenvalue weighted by atomic mass is 10.1. The topological polar surface area (TPSA) is 124 Å². The molecule has 0 aliphatic rings. The number of hydrogen-bond donors (Lipinski definition) is 5. The van der Waals surface area contributed by atoms with E-state index in [-0.39, 0.29) is 12.0 Å². The first kappa shape index (κ1) is 26.3. The SMILES string of the molecule is CCCCCCC(O)C/C=C\CCCCCCCC(N)=O.OB(O)O. The van der Waals surface area contributed by atoms with Gasteiger partial charge in [0, 0.05) is 6.42 Å². The molecule has 0 radical (unpaired) electrons. The van der Waals surface area contributed by atoms with Gasteiger partial charge in [-0.2, -0.15) is 0 Å². The smallest absolute Gasteiger partial charge is 0.402 e. The third kappa shape index (κ3) is 31.4. The molecule has 0 aliphatic heterocycles. The van der Waals surface area contributed by atoms with Crippen LogP contribution in [0.2, 0.25) is 0 Å². The molecule has 0 aromatic rings. The molecular weight excluding hydrogens is 321 g/mol. The minimum absolute atomic E-state index is 0.160. The van der Waals surface area contributed by atoms with Gasteiger partial charge < -0.3 is 25.9 Å². The van der Waals surface area contributed by atoms with E-state index in [2.05, 4.69) is 19.1 Å². The standard InChI is InChI=1S/C18H35NO2.BH3O3/c1-2-3-4-11-14-17(20)15-12-9-7-5-6-8-10-13-16-18(19)21;2-1(3)4/h9,12,17,20H,2-8,10-11,13-16H2,1H3,(H2,19,21);2-4H/b12-9-;. The Morgan fingerprint density at radius 1 is 0.960 bits per heavy atom. The highest BCUT2D eigenvalue weighted by molar-refractivity contribution is 6.30. The largest absolute Gasteiger partial charge is 0.631 e. The van der Waals surface area contributed by atoms with Crippen LogP contribution < -0.4 is 5.73 Å². The normalized spacial score (nSPS) is 11.9. The van der Waals surface area contributed by atoms with Crippen molar-refractivity contribution < 1.29 is 25.0 Å². The summed E-state index contributed by atoms with van der Waals surface area (Å²) in [4.78, 5) is 10.6. The molecule has 25 heavy (non-hydrogen) atoms.